The Balaban J connectivity index is 1.94. The third-order valence-corrected chi connectivity index (χ3v) is 5.07. The van der Waals surface area contributed by atoms with Gasteiger partial charge >= 0.3 is 0 Å². The summed E-state index contributed by atoms with van der Waals surface area (Å²) in [7, 11) is 0. The van der Waals surface area contributed by atoms with E-state index in [1.807, 2.05) is 72.8 Å². The first-order valence-corrected chi connectivity index (χ1v) is 9.48. The van der Waals surface area contributed by atoms with Gasteiger partial charge in [0, 0.05) is 34.1 Å². The topological polar surface area (TPSA) is 32.3 Å². The van der Waals surface area contributed by atoms with Gasteiger partial charge in [0.1, 0.15) is 5.75 Å². The van der Waals surface area contributed by atoms with Crippen LogP contribution in [0.4, 0.5) is 0 Å². The molecule has 3 aromatic rings. The summed E-state index contributed by atoms with van der Waals surface area (Å²) >= 11 is 12.3. The van der Waals surface area contributed by atoms with E-state index in [1.54, 1.807) is 6.07 Å². The molecule has 0 saturated carbocycles. The van der Waals surface area contributed by atoms with E-state index in [0.29, 0.717) is 16.6 Å². The van der Waals surface area contributed by atoms with Crippen molar-refractivity contribution >= 4 is 23.2 Å². The summed E-state index contributed by atoms with van der Waals surface area (Å²) in [5, 5.41) is 15.0. The maximum atomic E-state index is 10.1. The number of phenols is 1. The molecule has 0 heterocycles. The molecule has 2 atom stereocenters. The molecule has 0 aliphatic heterocycles. The van der Waals surface area contributed by atoms with Crippen LogP contribution < -0.4 is 5.32 Å². The van der Waals surface area contributed by atoms with Gasteiger partial charge in [-0.15, -0.1) is 6.58 Å². The maximum Gasteiger partial charge on any atom is 0.120 e. The molecule has 2 nitrogen and oxygen atoms in total. The van der Waals surface area contributed by atoms with Crippen LogP contribution in [0.15, 0.2) is 85.5 Å². The van der Waals surface area contributed by atoms with E-state index in [9.17, 15) is 5.11 Å². The molecule has 0 radical (unpaired) electrons. The van der Waals surface area contributed by atoms with Gasteiger partial charge in [0.05, 0.1) is 0 Å². The van der Waals surface area contributed by atoms with Gasteiger partial charge in [-0.25, -0.2) is 0 Å². The van der Waals surface area contributed by atoms with Gasteiger partial charge in [-0.05, 0) is 41.5 Å². The number of rotatable bonds is 7. The monoisotopic (exact) mass is 397 g/mol. The van der Waals surface area contributed by atoms with Gasteiger partial charge in [0.25, 0.3) is 0 Å². The number of hydrogen-bond donors (Lipinski definition) is 2. The second kappa shape index (κ2) is 9.09. The highest BCUT2D eigenvalue weighted by atomic mass is 35.5. The molecule has 0 fully saturated rings. The Kier molecular flexibility index (Phi) is 6.57. The lowest BCUT2D eigenvalue weighted by molar-refractivity contribution is 0.449. The standard InChI is InChI=1S/C23H21Cl2NO/c1-2-21(17-7-5-8-20(25)14-17)23(16-10-12-19(24)13-11-16)26-15-18-6-3-4-9-22(18)27/h2-14,21,23,26-27H,1,15H2/t21?,23-/m1/s1. The molecule has 4 heteroatoms. The van der Waals surface area contributed by atoms with E-state index < -0.39 is 0 Å². The molecule has 0 bridgehead atoms. The smallest absolute Gasteiger partial charge is 0.120 e. The van der Waals surface area contributed by atoms with Crippen LogP contribution in [0.25, 0.3) is 0 Å². The molecule has 138 valence electrons. The van der Waals surface area contributed by atoms with Crippen LogP contribution in [0, 0.1) is 0 Å². The lowest BCUT2D eigenvalue weighted by Gasteiger charge is -2.27. The Morgan fingerprint density at radius 1 is 0.889 bits per heavy atom. The number of aromatic hydroxyl groups is 1. The normalized spacial score (nSPS) is 13.1. The number of phenolic OH excluding ortho intramolecular Hbond substituents is 1. The summed E-state index contributed by atoms with van der Waals surface area (Å²) in [4.78, 5) is 0. The van der Waals surface area contributed by atoms with Crippen LogP contribution in [0.3, 0.4) is 0 Å². The molecule has 27 heavy (non-hydrogen) atoms. The van der Waals surface area contributed by atoms with Gasteiger partial charge in [-0.2, -0.15) is 0 Å². The summed E-state index contributed by atoms with van der Waals surface area (Å²) in [5.41, 5.74) is 2.99. The maximum absolute atomic E-state index is 10.1. The summed E-state index contributed by atoms with van der Waals surface area (Å²) in [6.45, 7) is 4.56. The van der Waals surface area contributed by atoms with E-state index in [1.165, 1.54) is 0 Å². The van der Waals surface area contributed by atoms with E-state index in [-0.39, 0.29) is 17.7 Å². The van der Waals surface area contributed by atoms with Crippen molar-refractivity contribution in [3.05, 3.63) is 112 Å². The van der Waals surface area contributed by atoms with Gasteiger partial charge in [-0.3, -0.25) is 0 Å². The fraction of sp³-hybridized carbons (Fsp3) is 0.130. The Morgan fingerprint density at radius 2 is 1.63 bits per heavy atom. The summed E-state index contributed by atoms with van der Waals surface area (Å²) < 4.78 is 0. The molecule has 0 aliphatic carbocycles. The molecule has 3 rings (SSSR count). The first-order chi connectivity index (χ1) is 13.1. The number of nitrogens with one attached hydrogen (secondary N) is 1. The molecule has 2 N–H and O–H groups in total. The molecular weight excluding hydrogens is 377 g/mol. The summed E-state index contributed by atoms with van der Waals surface area (Å²) in [6, 6.07) is 22.8. The van der Waals surface area contributed by atoms with Gasteiger partial charge in [0.2, 0.25) is 0 Å². The highest BCUT2D eigenvalue weighted by Crippen LogP contribution is 2.34. The highest BCUT2D eigenvalue weighted by molar-refractivity contribution is 6.30. The van der Waals surface area contributed by atoms with Crippen molar-refractivity contribution in [2.45, 2.75) is 18.5 Å². The second-order valence-corrected chi connectivity index (χ2v) is 7.23. The van der Waals surface area contributed by atoms with Crippen LogP contribution >= 0.6 is 23.2 Å². The molecule has 0 aliphatic rings. The lowest BCUT2D eigenvalue weighted by atomic mass is 9.87. The molecule has 1 unspecified atom stereocenters. The number of benzene rings is 3. The number of hydrogen-bond acceptors (Lipinski definition) is 2. The van der Waals surface area contributed by atoms with E-state index in [2.05, 4.69) is 11.9 Å². The zero-order valence-electron chi connectivity index (χ0n) is 14.8. The van der Waals surface area contributed by atoms with Gasteiger partial charge in [-0.1, -0.05) is 71.7 Å². The SMILES string of the molecule is C=CC(c1cccc(Cl)c1)[C@H](NCc1ccccc1O)c1ccc(Cl)cc1. The second-order valence-electron chi connectivity index (χ2n) is 6.36. The minimum atomic E-state index is -0.0576. The third kappa shape index (κ3) is 4.92. The molecular formula is C23H21Cl2NO. The van der Waals surface area contributed by atoms with E-state index in [4.69, 9.17) is 23.2 Å². The Hall–Kier alpha value is -2.26. The third-order valence-electron chi connectivity index (χ3n) is 4.58. The van der Waals surface area contributed by atoms with Crippen LogP contribution in [0.5, 0.6) is 5.75 Å². The lowest BCUT2D eigenvalue weighted by Crippen LogP contribution is -2.26. The zero-order chi connectivity index (χ0) is 19.2. The van der Waals surface area contributed by atoms with Crippen LogP contribution in [-0.2, 0) is 6.54 Å². The van der Waals surface area contributed by atoms with Crippen LogP contribution in [0.1, 0.15) is 28.7 Å². The Labute approximate surface area is 170 Å². The quantitative estimate of drug-likeness (QED) is 0.445. The van der Waals surface area contributed by atoms with Crippen molar-refractivity contribution in [3.8, 4) is 5.75 Å². The Bertz CT molecular complexity index is 908. The first-order valence-electron chi connectivity index (χ1n) is 8.72. The van der Waals surface area contributed by atoms with Crippen molar-refractivity contribution in [2.24, 2.45) is 0 Å². The molecule has 0 aromatic heterocycles. The van der Waals surface area contributed by atoms with Gasteiger partial charge in [0.15, 0.2) is 0 Å². The summed E-state index contributed by atoms with van der Waals surface area (Å²) in [6.07, 6.45) is 1.92. The average molecular weight is 398 g/mol. The molecule has 0 amide bonds. The zero-order valence-corrected chi connectivity index (χ0v) is 16.3. The molecule has 0 spiro atoms. The highest BCUT2D eigenvalue weighted by Gasteiger charge is 2.22. The predicted octanol–water partition coefficient (Wildman–Crippen LogP) is 6.50. The molecule has 0 saturated heterocycles. The van der Waals surface area contributed by atoms with Crippen molar-refractivity contribution in [1.82, 2.24) is 5.32 Å². The van der Waals surface area contributed by atoms with Crippen LogP contribution in [-0.4, -0.2) is 5.11 Å². The largest absolute Gasteiger partial charge is 0.508 e. The van der Waals surface area contributed by atoms with E-state index >= 15 is 0 Å². The summed E-state index contributed by atoms with van der Waals surface area (Å²) in [5.74, 6) is 0.272. The first kappa shape index (κ1) is 19.5. The predicted molar refractivity (Wildman–Crippen MR) is 114 cm³/mol. The van der Waals surface area contributed by atoms with Crippen molar-refractivity contribution in [2.75, 3.05) is 0 Å². The minimum Gasteiger partial charge on any atom is -0.508 e. The van der Waals surface area contributed by atoms with Crippen molar-refractivity contribution in [1.29, 1.82) is 0 Å². The number of halogens is 2. The van der Waals surface area contributed by atoms with Crippen LogP contribution in [0.2, 0.25) is 10.0 Å². The number of para-hydroxylation sites is 1. The average Bonchev–Trinajstić information content (AvgIpc) is 2.67. The minimum absolute atomic E-state index is 0.00395. The van der Waals surface area contributed by atoms with Crippen molar-refractivity contribution in [3.63, 3.8) is 0 Å². The van der Waals surface area contributed by atoms with Gasteiger partial charge < -0.3 is 10.4 Å². The fourth-order valence-electron chi connectivity index (χ4n) is 3.18. The molecule has 3 aromatic carbocycles. The van der Waals surface area contributed by atoms with E-state index in [0.717, 1.165) is 16.7 Å². The van der Waals surface area contributed by atoms with Crippen molar-refractivity contribution < 1.29 is 5.11 Å². The Morgan fingerprint density at radius 3 is 2.30 bits per heavy atom. The fourth-order valence-corrected chi connectivity index (χ4v) is 3.51.